The Balaban J connectivity index is 1.74. The van der Waals surface area contributed by atoms with Gasteiger partial charge in [-0.2, -0.15) is 0 Å². The predicted molar refractivity (Wildman–Crippen MR) is 87.1 cm³/mol. The van der Waals surface area contributed by atoms with Gasteiger partial charge >= 0.3 is 0 Å². The summed E-state index contributed by atoms with van der Waals surface area (Å²) in [5, 5.41) is 0. The average Bonchev–Trinajstić information content (AvgIpc) is 2.88. The Morgan fingerprint density at radius 1 is 1.14 bits per heavy atom. The molecule has 2 saturated carbocycles. The lowest BCUT2D eigenvalue weighted by Crippen LogP contribution is -2.45. The van der Waals surface area contributed by atoms with Crippen molar-refractivity contribution in [1.29, 1.82) is 0 Å². The number of rotatable bonds is 1. The van der Waals surface area contributed by atoms with Gasteiger partial charge in [0.15, 0.2) is 0 Å². The Morgan fingerprint density at radius 3 is 2.81 bits per heavy atom. The molecule has 0 bridgehead atoms. The smallest absolute Gasteiger partial charge is 0.0755 e. The van der Waals surface area contributed by atoms with Crippen LogP contribution in [-0.2, 0) is 4.74 Å². The van der Waals surface area contributed by atoms with Gasteiger partial charge in [-0.15, -0.1) is 0 Å². The van der Waals surface area contributed by atoms with Crippen molar-refractivity contribution in [3.05, 3.63) is 23.3 Å². The maximum absolute atomic E-state index is 5.61. The first-order valence-corrected chi connectivity index (χ1v) is 9.01. The third-order valence-corrected chi connectivity index (χ3v) is 7.56. The zero-order valence-corrected chi connectivity index (χ0v) is 14.0. The Bertz CT molecular complexity index is 502. The molecule has 1 nitrogen and oxygen atoms in total. The lowest BCUT2D eigenvalue weighted by Gasteiger charge is -2.54. The van der Waals surface area contributed by atoms with Gasteiger partial charge < -0.3 is 4.74 Å². The quantitative estimate of drug-likeness (QED) is 0.596. The summed E-state index contributed by atoms with van der Waals surface area (Å²) < 4.78 is 5.61. The SMILES string of the molecule is COC1C=C[C@@]2(C)C(CCC3=C4CCC[C@@]4(C)CC[C@@H]32)C1. The van der Waals surface area contributed by atoms with Crippen LogP contribution in [0.25, 0.3) is 0 Å². The topological polar surface area (TPSA) is 9.23 Å². The molecule has 4 aliphatic carbocycles. The summed E-state index contributed by atoms with van der Waals surface area (Å²) in [4.78, 5) is 0. The number of hydrogen-bond acceptors (Lipinski definition) is 1. The summed E-state index contributed by atoms with van der Waals surface area (Å²) in [5.41, 5.74) is 4.75. The van der Waals surface area contributed by atoms with Crippen molar-refractivity contribution in [1.82, 2.24) is 0 Å². The van der Waals surface area contributed by atoms with E-state index < -0.39 is 0 Å². The molecule has 0 amide bonds. The average molecular weight is 286 g/mol. The fourth-order valence-electron chi connectivity index (χ4n) is 6.19. The van der Waals surface area contributed by atoms with Gasteiger partial charge in [0.25, 0.3) is 0 Å². The Kier molecular flexibility index (Phi) is 3.16. The van der Waals surface area contributed by atoms with Crippen LogP contribution in [0.1, 0.15) is 65.2 Å². The van der Waals surface area contributed by atoms with Crippen LogP contribution in [0.15, 0.2) is 23.3 Å². The molecule has 1 heteroatoms. The molecule has 116 valence electrons. The minimum atomic E-state index is 0.359. The van der Waals surface area contributed by atoms with Crippen LogP contribution in [0.3, 0.4) is 0 Å². The molecular weight excluding hydrogens is 256 g/mol. The van der Waals surface area contributed by atoms with E-state index in [4.69, 9.17) is 4.74 Å². The van der Waals surface area contributed by atoms with Crippen molar-refractivity contribution in [3.8, 4) is 0 Å². The van der Waals surface area contributed by atoms with Crippen LogP contribution in [-0.4, -0.2) is 13.2 Å². The largest absolute Gasteiger partial charge is 0.377 e. The van der Waals surface area contributed by atoms with E-state index in [-0.39, 0.29) is 0 Å². The van der Waals surface area contributed by atoms with Gasteiger partial charge in [0.1, 0.15) is 0 Å². The molecular formula is C20H30O. The van der Waals surface area contributed by atoms with Crippen molar-refractivity contribution in [2.24, 2.45) is 22.7 Å². The van der Waals surface area contributed by atoms with Crippen LogP contribution in [0.2, 0.25) is 0 Å². The number of allylic oxidation sites excluding steroid dienone is 3. The van der Waals surface area contributed by atoms with E-state index in [0.29, 0.717) is 16.9 Å². The molecule has 0 radical (unpaired) electrons. The number of ether oxygens (including phenoxy) is 1. The van der Waals surface area contributed by atoms with E-state index in [1.54, 1.807) is 0 Å². The maximum Gasteiger partial charge on any atom is 0.0755 e. The zero-order valence-electron chi connectivity index (χ0n) is 14.0. The molecule has 2 fully saturated rings. The third-order valence-electron chi connectivity index (χ3n) is 7.56. The number of fused-ring (bicyclic) bond motifs is 4. The number of hydrogen-bond donors (Lipinski definition) is 0. The predicted octanol–water partition coefficient (Wildman–Crippen LogP) is 5.27. The van der Waals surface area contributed by atoms with Crippen molar-refractivity contribution < 1.29 is 4.74 Å². The van der Waals surface area contributed by atoms with Crippen molar-refractivity contribution in [2.45, 2.75) is 71.3 Å². The van der Waals surface area contributed by atoms with Gasteiger partial charge in [-0.1, -0.05) is 37.1 Å². The Hall–Kier alpha value is -0.560. The fraction of sp³-hybridized carbons (Fsp3) is 0.800. The van der Waals surface area contributed by atoms with E-state index in [0.717, 1.165) is 11.8 Å². The minimum absolute atomic E-state index is 0.359. The second-order valence-electron chi connectivity index (χ2n) is 8.48. The highest BCUT2D eigenvalue weighted by molar-refractivity contribution is 5.35. The van der Waals surface area contributed by atoms with Gasteiger partial charge in [-0.25, -0.2) is 0 Å². The summed E-state index contributed by atoms with van der Waals surface area (Å²) >= 11 is 0. The monoisotopic (exact) mass is 286 g/mol. The van der Waals surface area contributed by atoms with Gasteiger partial charge in [-0.05, 0) is 74.0 Å². The first-order valence-electron chi connectivity index (χ1n) is 9.01. The maximum atomic E-state index is 5.61. The Morgan fingerprint density at radius 2 is 2.00 bits per heavy atom. The number of methoxy groups -OCH3 is 1. The van der Waals surface area contributed by atoms with E-state index >= 15 is 0 Å². The molecule has 4 aliphatic rings. The Labute approximate surface area is 129 Å². The fourth-order valence-corrected chi connectivity index (χ4v) is 6.19. The second-order valence-corrected chi connectivity index (χ2v) is 8.48. The van der Waals surface area contributed by atoms with Crippen molar-refractivity contribution in [3.63, 3.8) is 0 Å². The molecule has 5 atom stereocenters. The summed E-state index contributed by atoms with van der Waals surface area (Å²) in [5.74, 6) is 1.65. The highest BCUT2D eigenvalue weighted by Crippen LogP contribution is 2.62. The molecule has 0 heterocycles. The van der Waals surface area contributed by atoms with Crippen molar-refractivity contribution in [2.75, 3.05) is 7.11 Å². The van der Waals surface area contributed by atoms with E-state index in [1.807, 2.05) is 18.3 Å². The van der Waals surface area contributed by atoms with Gasteiger partial charge in [0.05, 0.1) is 6.10 Å². The second kappa shape index (κ2) is 4.72. The lowest BCUT2D eigenvalue weighted by atomic mass is 9.51. The van der Waals surface area contributed by atoms with Crippen LogP contribution in [0, 0.1) is 22.7 Å². The summed E-state index contributed by atoms with van der Waals surface area (Å²) in [7, 11) is 1.86. The summed E-state index contributed by atoms with van der Waals surface area (Å²) in [6.45, 7) is 5.09. The molecule has 0 saturated heterocycles. The lowest BCUT2D eigenvalue weighted by molar-refractivity contribution is 0.0321. The van der Waals surface area contributed by atoms with Gasteiger partial charge in [-0.3, -0.25) is 0 Å². The third kappa shape index (κ3) is 1.92. The molecule has 0 aromatic carbocycles. The molecule has 0 aliphatic heterocycles. The van der Waals surface area contributed by atoms with Crippen LogP contribution in [0.5, 0.6) is 0 Å². The van der Waals surface area contributed by atoms with E-state index in [9.17, 15) is 0 Å². The first-order chi connectivity index (χ1) is 10.1. The normalized spacial score (nSPS) is 48.8. The zero-order chi connectivity index (χ0) is 14.7. The van der Waals surface area contributed by atoms with Crippen LogP contribution in [0.4, 0.5) is 0 Å². The van der Waals surface area contributed by atoms with Crippen LogP contribution >= 0.6 is 0 Å². The molecule has 0 aromatic heterocycles. The first kappa shape index (κ1) is 14.1. The van der Waals surface area contributed by atoms with E-state index in [2.05, 4.69) is 26.0 Å². The van der Waals surface area contributed by atoms with Crippen molar-refractivity contribution >= 4 is 0 Å². The van der Waals surface area contributed by atoms with E-state index in [1.165, 1.54) is 51.4 Å². The van der Waals surface area contributed by atoms with Gasteiger partial charge in [0, 0.05) is 7.11 Å². The molecule has 21 heavy (non-hydrogen) atoms. The summed E-state index contributed by atoms with van der Waals surface area (Å²) in [6, 6.07) is 0. The molecule has 4 rings (SSSR count). The summed E-state index contributed by atoms with van der Waals surface area (Å²) in [6.07, 6.45) is 16.4. The standard InChI is InChI=1S/C20H30O/c1-19-10-4-5-17(19)16-7-6-14-13-15(21-3)8-12-20(14,2)18(16)9-11-19/h8,12,14-15,18H,4-7,9-11,13H2,1-3H3/t14?,15?,18-,19-,20-/m0/s1. The van der Waals surface area contributed by atoms with Crippen LogP contribution < -0.4 is 0 Å². The highest BCUT2D eigenvalue weighted by Gasteiger charge is 2.51. The van der Waals surface area contributed by atoms with Gasteiger partial charge in [0.2, 0.25) is 0 Å². The minimum Gasteiger partial charge on any atom is -0.377 e. The molecule has 0 spiro atoms. The molecule has 0 aromatic rings. The highest BCUT2D eigenvalue weighted by atomic mass is 16.5. The molecule has 2 unspecified atom stereocenters. The molecule has 0 N–H and O–H groups in total.